The van der Waals surface area contributed by atoms with Crippen molar-refractivity contribution in [3.63, 3.8) is 0 Å². The second kappa shape index (κ2) is 7.55. The van der Waals surface area contributed by atoms with Crippen LogP contribution in [0.2, 0.25) is 0 Å². The van der Waals surface area contributed by atoms with Crippen molar-refractivity contribution in [2.24, 2.45) is 0 Å². The van der Waals surface area contributed by atoms with Gasteiger partial charge in [0.05, 0.1) is 16.5 Å². The maximum atomic E-state index is 12.1. The van der Waals surface area contributed by atoms with Gasteiger partial charge in [0.1, 0.15) is 10.9 Å². The van der Waals surface area contributed by atoms with Gasteiger partial charge in [-0.15, -0.1) is 0 Å². The van der Waals surface area contributed by atoms with E-state index in [-0.39, 0.29) is 14.8 Å². The van der Waals surface area contributed by atoms with Gasteiger partial charge in [-0.05, 0) is 29.8 Å². The van der Waals surface area contributed by atoms with Gasteiger partial charge >= 0.3 is 5.97 Å². The van der Waals surface area contributed by atoms with Crippen molar-refractivity contribution in [2.75, 3.05) is 6.54 Å². The summed E-state index contributed by atoms with van der Waals surface area (Å²) in [5.41, 5.74) is 1.09. The van der Waals surface area contributed by atoms with Gasteiger partial charge < -0.3 is 5.11 Å². The third-order valence-electron chi connectivity index (χ3n) is 2.77. The minimum atomic E-state index is -1.14. The second-order valence-electron chi connectivity index (χ2n) is 4.42. The molecule has 0 saturated carbocycles. The van der Waals surface area contributed by atoms with Crippen molar-refractivity contribution in [1.82, 2.24) is 4.90 Å². The summed E-state index contributed by atoms with van der Waals surface area (Å²) in [6.07, 6.45) is 3.05. The lowest BCUT2D eigenvalue weighted by Crippen LogP contribution is -2.33. The van der Waals surface area contributed by atoms with E-state index in [1.807, 2.05) is 30.3 Å². The van der Waals surface area contributed by atoms with Crippen LogP contribution >= 0.6 is 39.9 Å². The van der Waals surface area contributed by atoms with Crippen molar-refractivity contribution in [1.29, 1.82) is 5.26 Å². The Labute approximate surface area is 150 Å². The third kappa shape index (κ3) is 4.51. The molecule has 1 N–H and O–H groups in total. The summed E-state index contributed by atoms with van der Waals surface area (Å²) in [4.78, 5) is 24.1. The fourth-order valence-electron chi connectivity index (χ4n) is 1.76. The van der Waals surface area contributed by atoms with E-state index < -0.39 is 18.4 Å². The molecule has 0 aromatic heterocycles. The van der Waals surface area contributed by atoms with Crippen molar-refractivity contribution >= 4 is 62.2 Å². The van der Waals surface area contributed by atoms with E-state index in [4.69, 9.17) is 17.3 Å². The van der Waals surface area contributed by atoms with E-state index >= 15 is 0 Å². The molecule has 0 spiro atoms. The molecule has 5 nitrogen and oxygen atoms in total. The topological polar surface area (TPSA) is 81.4 Å². The highest BCUT2D eigenvalue weighted by Crippen LogP contribution is 2.31. The number of nitriles is 1. The number of carbonyl (C=O) groups is 2. The molecule has 23 heavy (non-hydrogen) atoms. The molecule has 1 aromatic rings. The molecule has 0 aliphatic carbocycles. The normalized spacial score (nSPS) is 16.8. The molecule has 1 heterocycles. The maximum absolute atomic E-state index is 12.1. The number of carbonyl (C=O) groups excluding carboxylic acids is 1. The number of carboxylic acids is 1. The van der Waals surface area contributed by atoms with Crippen molar-refractivity contribution < 1.29 is 14.7 Å². The number of halogens is 1. The molecular weight excluding hydrogens is 400 g/mol. The summed E-state index contributed by atoms with van der Waals surface area (Å²) in [5.74, 6) is -1.65. The SMILES string of the molecule is N#CC(=C\c1ccc(Br)cc1)/C=C1\SC(=S)N(CC(=O)O)C1=O. The molecule has 0 unspecified atom stereocenters. The van der Waals surface area contributed by atoms with Gasteiger partial charge in [-0.2, -0.15) is 5.26 Å². The number of amides is 1. The lowest BCUT2D eigenvalue weighted by molar-refractivity contribution is -0.140. The molecule has 0 atom stereocenters. The Bertz CT molecular complexity index is 779. The van der Waals surface area contributed by atoms with E-state index in [1.54, 1.807) is 6.08 Å². The van der Waals surface area contributed by atoms with Crippen LogP contribution in [-0.2, 0) is 9.59 Å². The highest BCUT2D eigenvalue weighted by atomic mass is 79.9. The monoisotopic (exact) mass is 408 g/mol. The third-order valence-corrected chi connectivity index (χ3v) is 4.68. The molecule has 0 radical (unpaired) electrons. The molecule has 1 aliphatic heterocycles. The van der Waals surface area contributed by atoms with Crippen LogP contribution in [0.3, 0.4) is 0 Å². The predicted molar refractivity (Wildman–Crippen MR) is 95.4 cm³/mol. The van der Waals surface area contributed by atoms with Gasteiger partial charge in [-0.3, -0.25) is 14.5 Å². The Morgan fingerprint density at radius 3 is 2.65 bits per heavy atom. The standard InChI is InChI=1S/C15H9BrN2O3S2/c16-11-3-1-9(2-4-11)5-10(7-17)6-12-14(21)18(8-13(19)20)15(22)23-12/h1-6H,8H2,(H,19,20)/b10-5-,12-6-. The van der Waals surface area contributed by atoms with Gasteiger partial charge in [0.25, 0.3) is 5.91 Å². The number of thioether (sulfide) groups is 1. The fraction of sp³-hybridized carbons (Fsp3) is 0.0667. The van der Waals surface area contributed by atoms with Gasteiger partial charge in [0, 0.05) is 4.47 Å². The smallest absolute Gasteiger partial charge is 0.323 e. The Kier molecular flexibility index (Phi) is 5.71. The first-order chi connectivity index (χ1) is 10.9. The number of allylic oxidation sites excluding steroid dienone is 2. The van der Waals surface area contributed by atoms with Crippen LogP contribution in [0.15, 0.2) is 45.3 Å². The molecule has 1 saturated heterocycles. The zero-order valence-electron chi connectivity index (χ0n) is 11.5. The summed E-state index contributed by atoms with van der Waals surface area (Å²) < 4.78 is 1.09. The van der Waals surface area contributed by atoms with Crippen LogP contribution in [0.5, 0.6) is 0 Å². The average Bonchev–Trinajstić information content (AvgIpc) is 2.76. The number of carboxylic acid groups (broad SMARTS) is 1. The predicted octanol–water partition coefficient (Wildman–Crippen LogP) is 3.18. The molecule has 1 aliphatic rings. The number of aliphatic carboxylic acids is 1. The van der Waals surface area contributed by atoms with Crippen molar-refractivity contribution in [3.8, 4) is 6.07 Å². The molecule has 1 aromatic carbocycles. The Morgan fingerprint density at radius 2 is 2.09 bits per heavy atom. The van der Waals surface area contributed by atoms with Crippen LogP contribution in [-0.4, -0.2) is 32.7 Å². The first-order valence-corrected chi connectivity index (χ1v) is 8.27. The number of hydrogen-bond donors (Lipinski definition) is 1. The Balaban J connectivity index is 2.27. The van der Waals surface area contributed by atoms with E-state index in [1.165, 1.54) is 6.08 Å². The molecule has 2 rings (SSSR count). The molecule has 1 fully saturated rings. The minimum absolute atomic E-state index is 0.171. The van der Waals surface area contributed by atoms with E-state index in [2.05, 4.69) is 15.9 Å². The number of nitrogens with zero attached hydrogens (tertiary/aromatic N) is 2. The quantitative estimate of drug-likeness (QED) is 0.467. The van der Waals surface area contributed by atoms with E-state index in [9.17, 15) is 14.9 Å². The summed E-state index contributed by atoms with van der Waals surface area (Å²) in [6.45, 7) is -0.486. The van der Waals surface area contributed by atoms with Crippen LogP contribution in [0.25, 0.3) is 6.08 Å². The molecular formula is C15H9BrN2O3S2. The lowest BCUT2D eigenvalue weighted by Gasteiger charge is -2.10. The largest absolute Gasteiger partial charge is 0.480 e. The average molecular weight is 409 g/mol. The number of thiocarbonyl (C=S) groups is 1. The number of rotatable bonds is 4. The summed E-state index contributed by atoms with van der Waals surface area (Å²) in [5, 5.41) is 18.0. The first kappa shape index (κ1) is 17.4. The second-order valence-corrected chi connectivity index (χ2v) is 7.02. The van der Waals surface area contributed by atoms with E-state index in [0.717, 1.165) is 26.7 Å². The summed E-state index contributed by atoms with van der Waals surface area (Å²) >= 11 is 9.32. The van der Waals surface area contributed by atoms with Gasteiger partial charge in [-0.1, -0.05) is 52.0 Å². The van der Waals surface area contributed by atoms with Crippen LogP contribution < -0.4 is 0 Å². The molecule has 8 heteroatoms. The van der Waals surface area contributed by atoms with Crippen LogP contribution in [0.1, 0.15) is 5.56 Å². The molecule has 1 amide bonds. The number of hydrogen-bond acceptors (Lipinski definition) is 5. The van der Waals surface area contributed by atoms with Crippen molar-refractivity contribution in [3.05, 3.63) is 50.9 Å². The zero-order valence-corrected chi connectivity index (χ0v) is 14.7. The van der Waals surface area contributed by atoms with E-state index in [0.29, 0.717) is 0 Å². The summed E-state index contributed by atoms with van der Waals surface area (Å²) in [6, 6.07) is 9.34. The fourth-order valence-corrected chi connectivity index (χ4v) is 3.27. The van der Waals surface area contributed by atoms with Crippen LogP contribution in [0.4, 0.5) is 0 Å². The zero-order chi connectivity index (χ0) is 17.0. The maximum Gasteiger partial charge on any atom is 0.323 e. The summed E-state index contributed by atoms with van der Waals surface area (Å²) in [7, 11) is 0. The molecule has 116 valence electrons. The van der Waals surface area contributed by atoms with Crippen molar-refractivity contribution in [2.45, 2.75) is 0 Å². The minimum Gasteiger partial charge on any atom is -0.480 e. The lowest BCUT2D eigenvalue weighted by atomic mass is 10.1. The number of benzene rings is 1. The first-order valence-electron chi connectivity index (χ1n) is 6.25. The molecule has 0 bridgehead atoms. The van der Waals surface area contributed by atoms with Gasteiger partial charge in [-0.25, -0.2) is 0 Å². The van der Waals surface area contributed by atoms with Gasteiger partial charge in [0.15, 0.2) is 0 Å². The van der Waals surface area contributed by atoms with Gasteiger partial charge in [0.2, 0.25) is 0 Å². The highest BCUT2D eigenvalue weighted by molar-refractivity contribution is 9.10. The Hall–Kier alpha value is -1.95. The van der Waals surface area contributed by atoms with Crippen LogP contribution in [0, 0.1) is 11.3 Å². The Morgan fingerprint density at radius 1 is 1.43 bits per heavy atom. The highest BCUT2D eigenvalue weighted by Gasteiger charge is 2.33.